The molecular weight excluding hydrogens is 502 g/mol. The largest absolute Gasteiger partial charge is 0.472 e. The van der Waals surface area contributed by atoms with Crippen LogP contribution in [0.2, 0.25) is 0 Å². The summed E-state index contributed by atoms with van der Waals surface area (Å²) in [7, 11) is 4.20. The van der Waals surface area contributed by atoms with Gasteiger partial charge in [-0.25, -0.2) is 4.98 Å². The van der Waals surface area contributed by atoms with Gasteiger partial charge in [-0.3, -0.25) is 4.79 Å². The summed E-state index contributed by atoms with van der Waals surface area (Å²) in [5, 5.41) is 0. The summed E-state index contributed by atoms with van der Waals surface area (Å²) in [6.07, 6.45) is 2.89. The van der Waals surface area contributed by atoms with Crippen LogP contribution in [-0.4, -0.2) is 54.0 Å². The number of amides is 1. The van der Waals surface area contributed by atoms with Crippen molar-refractivity contribution in [1.29, 1.82) is 0 Å². The monoisotopic (exact) mass is 527 g/mol. The van der Waals surface area contributed by atoms with Gasteiger partial charge in [-0.1, -0.05) is 39.8 Å². The molecule has 2 heterocycles. The van der Waals surface area contributed by atoms with Crippen molar-refractivity contribution in [2.75, 3.05) is 32.1 Å². The number of likely N-dealkylation sites (N-methyl/N-ethyl adjacent to an activating group) is 1. The Hall–Kier alpha value is -2.62. The number of hydrogen-bond acceptors (Lipinski definition) is 7. The average Bonchev–Trinajstić information content (AvgIpc) is 3.30. The number of primary amides is 1. The summed E-state index contributed by atoms with van der Waals surface area (Å²) in [6.45, 7) is 2.19. The van der Waals surface area contributed by atoms with Crippen LogP contribution in [-0.2, 0) is 6.61 Å². The van der Waals surface area contributed by atoms with Gasteiger partial charge < -0.3 is 20.3 Å². The first kappa shape index (κ1) is 23.5. The van der Waals surface area contributed by atoms with E-state index in [1.807, 2.05) is 42.6 Å². The van der Waals surface area contributed by atoms with Crippen molar-refractivity contribution in [3.63, 3.8) is 0 Å². The molecule has 0 spiro atoms. The lowest BCUT2D eigenvalue weighted by molar-refractivity contribution is 0.1000. The molecule has 1 aliphatic rings. The van der Waals surface area contributed by atoms with E-state index in [9.17, 15) is 4.79 Å². The number of aromatic nitrogens is 2. The zero-order chi connectivity index (χ0) is 23.4. The van der Waals surface area contributed by atoms with E-state index in [0.29, 0.717) is 30.0 Å². The molecule has 2 N–H and O–H groups in total. The highest BCUT2D eigenvalue weighted by Crippen LogP contribution is 2.35. The number of hydrogen-bond donors (Lipinski definition) is 1. The summed E-state index contributed by atoms with van der Waals surface area (Å²) in [5.74, 6) is 0.771. The van der Waals surface area contributed by atoms with Crippen molar-refractivity contribution >= 4 is 39.5 Å². The van der Waals surface area contributed by atoms with Gasteiger partial charge in [0, 0.05) is 34.1 Å². The molecule has 1 fully saturated rings. The SMILES string of the molecule is CN(C)[C@@H]1CCN(c2ncc(Sc3ccc(C(N)=O)cc3)c(OCc3cccc(Br)c3)n2)C1. The first-order chi connectivity index (χ1) is 15.9. The molecule has 2 aromatic carbocycles. The lowest BCUT2D eigenvalue weighted by atomic mass is 10.2. The number of anilines is 1. The minimum absolute atomic E-state index is 0.393. The Bertz CT molecular complexity index is 1130. The third-order valence-electron chi connectivity index (χ3n) is 5.52. The van der Waals surface area contributed by atoms with Crippen molar-refractivity contribution in [2.45, 2.75) is 28.9 Å². The molecule has 1 amide bonds. The topological polar surface area (TPSA) is 84.6 Å². The molecule has 1 saturated heterocycles. The normalized spacial score (nSPS) is 15.8. The summed E-state index contributed by atoms with van der Waals surface area (Å²) in [6, 6.07) is 15.6. The summed E-state index contributed by atoms with van der Waals surface area (Å²) in [4.78, 5) is 27.0. The predicted octanol–water partition coefficient (Wildman–Crippen LogP) is 4.21. The standard InChI is InChI=1S/C24H26BrN5O2S/c1-29(2)19-10-11-30(14-19)24-27-13-21(33-20-8-6-17(7-9-20)22(26)31)23(28-24)32-15-16-4-3-5-18(25)12-16/h3-9,12-13,19H,10-11,14-15H2,1-2H3,(H2,26,31)/t19-/m1/s1. The first-order valence-corrected chi connectivity index (χ1v) is 12.2. The fraction of sp³-hybridized carbons (Fsp3) is 0.292. The fourth-order valence-electron chi connectivity index (χ4n) is 3.61. The van der Waals surface area contributed by atoms with Crippen LogP contribution in [0.3, 0.4) is 0 Å². The zero-order valence-corrected chi connectivity index (χ0v) is 21.0. The highest BCUT2D eigenvalue weighted by atomic mass is 79.9. The highest BCUT2D eigenvalue weighted by Gasteiger charge is 2.26. The number of ether oxygens (including phenoxy) is 1. The van der Waals surface area contributed by atoms with Gasteiger partial charge >= 0.3 is 0 Å². The van der Waals surface area contributed by atoms with E-state index in [1.165, 1.54) is 11.8 Å². The van der Waals surface area contributed by atoms with Gasteiger partial charge in [-0.05, 0) is 62.5 Å². The predicted molar refractivity (Wildman–Crippen MR) is 134 cm³/mol. The van der Waals surface area contributed by atoms with Gasteiger partial charge in [0.2, 0.25) is 17.7 Å². The van der Waals surface area contributed by atoms with E-state index in [4.69, 9.17) is 15.5 Å². The van der Waals surface area contributed by atoms with Crippen molar-refractivity contribution in [1.82, 2.24) is 14.9 Å². The Morgan fingerprint density at radius 3 is 2.73 bits per heavy atom. The molecule has 0 bridgehead atoms. The maximum absolute atomic E-state index is 11.4. The van der Waals surface area contributed by atoms with Crippen LogP contribution in [0.1, 0.15) is 22.3 Å². The second-order valence-electron chi connectivity index (χ2n) is 8.10. The molecule has 3 aromatic rings. The van der Waals surface area contributed by atoms with Crippen molar-refractivity contribution in [3.8, 4) is 5.88 Å². The van der Waals surface area contributed by atoms with Crippen LogP contribution in [0.25, 0.3) is 0 Å². The Kier molecular flexibility index (Phi) is 7.52. The Morgan fingerprint density at radius 2 is 2.06 bits per heavy atom. The van der Waals surface area contributed by atoms with E-state index >= 15 is 0 Å². The molecule has 33 heavy (non-hydrogen) atoms. The number of rotatable bonds is 8. The van der Waals surface area contributed by atoms with Crippen LogP contribution in [0.5, 0.6) is 5.88 Å². The summed E-state index contributed by atoms with van der Waals surface area (Å²) >= 11 is 5.00. The fourth-order valence-corrected chi connectivity index (χ4v) is 4.88. The van der Waals surface area contributed by atoms with Gasteiger partial charge in [-0.15, -0.1) is 0 Å². The van der Waals surface area contributed by atoms with Crippen LogP contribution >= 0.6 is 27.7 Å². The van der Waals surface area contributed by atoms with Crippen molar-refractivity contribution < 1.29 is 9.53 Å². The molecule has 0 aliphatic carbocycles. The van der Waals surface area contributed by atoms with Crippen molar-refractivity contribution in [3.05, 3.63) is 70.3 Å². The lowest BCUT2D eigenvalue weighted by Gasteiger charge is -2.21. The molecule has 172 valence electrons. The second kappa shape index (κ2) is 10.5. The molecule has 0 saturated carbocycles. The van der Waals surface area contributed by atoms with E-state index < -0.39 is 5.91 Å². The average molecular weight is 528 g/mol. The maximum atomic E-state index is 11.4. The molecule has 7 nitrogen and oxygen atoms in total. The van der Waals surface area contributed by atoms with Gasteiger partial charge in [0.1, 0.15) is 6.61 Å². The van der Waals surface area contributed by atoms with E-state index in [2.05, 4.69) is 44.8 Å². The molecule has 1 atom stereocenters. The maximum Gasteiger partial charge on any atom is 0.248 e. The minimum Gasteiger partial charge on any atom is -0.472 e. The Morgan fingerprint density at radius 1 is 1.27 bits per heavy atom. The molecule has 4 rings (SSSR count). The van der Waals surface area contributed by atoms with E-state index in [0.717, 1.165) is 39.3 Å². The van der Waals surface area contributed by atoms with Crippen LogP contribution < -0.4 is 15.4 Å². The number of halogens is 1. The molecule has 0 unspecified atom stereocenters. The number of nitrogens with zero attached hydrogens (tertiary/aromatic N) is 4. The molecular formula is C24H26BrN5O2S. The zero-order valence-electron chi connectivity index (χ0n) is 18.6. The van der Waals surface area contributed by atoms with Crippen molar-refractivity contribution in [2.24, 2.45) is 5.73 Å². The third kappa shape index (κ3) is 6.04. The Labute approximate surface area is 206 Å². The van der Waals surface area contributed by atoms with E-state index in [1.54, 1.807) is 12.1 Å². The van der Waals surface area contributed by atoms with Crippen LogP contribution in [0.4, 0.5) is 5.95 Å². The molecule has 0 radical (unpaired) electrons. The summed E-state index contributed by atoms with van der Waals surface area (Å²) < 4.78 is 7.19. The first-order valence-electron chi connectivity index (χ1n) is 10.6. The third-order valence-corrected chi connectivity index (χ3v) is 7.02. The number of benzene rings is 2. The van der Waals surface area contributed by atoms with Gasteiger partial charge in [0.15, 0.2) is 0 Å². The molecule has 1 aliphatic heterocycles. The smallest absolute Gasteiger partial charge is 0.248 e. The molecule has 9 heteroatoms. The highest BCUT2D eigenvalue weighted by molar-refractivity contribution is 9.10. The lowest BCUT2D eigenvalue weighted by Crippen LogP contribution is -2.32. The van der Waals surface area contributed by atoms with Gasteiger partial charge in [-0.2, -0.15) is 4.98 Å². The Balaban J connectivity index is 1.58. The molecule has 1 aromatic heterocycles. The number of nitrogens with two attached hydrogens (primary N) is 1. The van der Waals surface area contributed by atoms with Gasteiger partial charge in [0.25, 0.3) is 0 Å². The minimum atomic E-state index is -0.445. The second-order valence-corrected chi connectivity index (χ2v) is 10.1. The van der Waals surface area contributed by atoms with Crippen LogP contribution in [0.15, 0.2) is 69.0 Å². The number of carbonyl (C=O) groups is 1. The van der Waals surface area contributed by atoms with Gasteiger partial charge in [0.05, 0.1) is 11.1 Å². The van der Waals surface area contributed by atoms with Crippen LogP contribution in [0, 0.1) is 0 Å². The summed E-state index contributed by atoms with van der Waals surface area (Å²) in [5.41, 5.74) is 6.87. The number of carbonyl (C=O) groups excluding carboxylic acids is 1. The quantitative estimate of drug-likeness (QED) is 0.469. The van der Waals surface area contributed by atoms with E-state index in [-0.39, 0.29) is 0 Å².